The highest BCUT2D eigenvalue weighted by Crippen LogP contribution is 1.88. The quantitative estimate of drug-likeness (QED) is 0.609. The van der Waals surface area contributed by atoms with Crippen LogP contribution in [0.3, 0.4) is 0 Å². The fourth-order valence-corrected chi connectivity index (χ4v) is 0.808. The van der Waals surface area contributed by atoms with Crippen LogP contribution in [-0.4, -0.2) is 36.0 Å². The van der Waals surface area contributed by atoms with E-state index in [2.05, 4.69) is 20.6 Å². The summed E-state index contributed by atoms with van der Waals surface area (Å²) in [6.45, 7) is 1.33. The van der Waals surface area contributed by atoms with Gasteiger partial charge in [0.2, 0.25) is 0 Å². The minimum absolute atomic E-state index is 0.191. The molecule has 0 aliphatic rings. The van der Waals surface area contributed by atoms with Crippen molar-refractivity contribution in [1.29, 1.82) is 0 Å². The Bertz CT molecular complexity index is 262. The van der Waals surface area contributed by atoms with Gasteiger partial charge >= 0.3 is 0 Å². The van der Waals surface area contributed by atoms with Crippen molar-refractivity contribution in [2.75, 3.05) is 20.1 Å². The van der Waals surface area contributed by atoms with E-state index >= 15 is 0 Å². The van der Waals surface area contributed by atoms with Crippen molar-refractivity contribution in [3.63, 3.8) is 0 Å². The predicted molar refractivity (Wildman–Crippen MR) is 48.3 cm³/mol. The van der Waals surface area contributed by atoms with Gasteiger partial charge in [-0.1, -0.05) is 0 Å². The number of hydrogen-bond acceptors (Lipinski definition) is 4. The van der Waals surface area contributed by atoms with Gasteiger partial charge in [-0.25, -0.2) is 4.98 Å². The Labute approximate surface area is 76.6 Å². The number of aromatic nitrogens is 2. The van der Waals surface area contributed by atoms with Gasteiger partial charge in [0.25, 0.3) is 5.91 Å². The highest BCUT2D eigenvalue weighted by molar-refractivity contribution is 5.91. The molecule has 1 amide bonds. The van der Waals surface area contributed by atoms with E-state index < -0.39 is 0 Å². The molecule has 5 heteroatoms. The summed E-state index contributed by atoms with van der Waals surface area (Å²) in [7, 11) is 1.83. The average molecular weight is 180 g/mol. The summed E-state index contributed by atoms with van der Waals surface area (Å²) < 4.78 is 0. The maximum Gasteiger partial charge on any atom is 0.271 e. The van der Waals surface area contributed by atoms with Crippen molar-refractivity contribution in [2.24, 2.45) is 0 Å². The first-order valence-corrected chi connectivity index (χ1v) is 4.03. The second kappa shape index (κ2) is 5.21. The van der Waals surface area contributed by atoms with Gasteiger partial charge in [0, 0.05) is 25.5 Å². The average Bonchev–Trinajstić information content (AvgIpc) is 2.19. The lowest BCUT2D eigenvalue weighted by Crippen LogP contribution is -2.30. The maximum atomic E-state index is 11.3. The molecular formula is C8H12N4O. The maximum absolute atomic E-state index is 11.3. The van der Waals surface area contributed by atoms with Crippen LogP contribution < -0.4 is 10.6 Å². The second-order valence-electron chi connectivity index (χ2n) is 2.45. The van der Waals surface area contributed by atoms with Gasteiger partial charge in [0.05, 0.1) is 6.20 Å². The molecule has 0 aliphatic heterocycles. The van der Waals surface area contributed by atoms with Gasteiger partial charge in [-0.3, -0.25) is 9.78 Å². The summed E-state index contributed by atoms with van der Waals surface area (Å²) in [5.41, 5.74) is 0.346. The van der Waals surface area contributed by atoms with Crippen LogP contribution in [0, 0.1) is 0 Å². The van der Waals surface area contributed by atoms with E-state index in [9.17, 15) is 4.79 Å². The Morgan fingerprint density at radius 2 is 2.31 bits per heavy atom. The molecule has 0 saturated carbocycles. The Morgan fingerprint density at radius 3 is 2.92 bits per heavy atom. The molecule has 0 unspecified atom stereocenters. The number of likely N-dealkylation sites (N-methyl/N-ethyl adjacent to an activating group) is 1. The Hall–Kier alpha value is -1.49. The molecule has 5 nitrogen and oxygen atoms in total. The number of hydrogen-bond donors (Lipinski definition) is 2. The molecule has 0 aromatic carbocycles. The molecular weight excluding hydrogens is 168 g/mol. The third-order valence-corrected chi connectivity index (χ3v) is 1.46. The summed E-state index contributed by atoms with van der Waals surface area (Å²) in [5.74, 6) is -0.191. The number of carbonyl (C=O) groups is 1. The molecule has 0 fully saturated rings. The van der Waals surface area contributed by atoms with Crippen molar-refractivity contribution in [3.05, 3.63) is 24.3 Å². The van der Waals surface area contributed by atoms with Gasteiger partial charge in [-0.2, -0.15) is 0 Å². The second-order valence-corrected chi connectivity index (χ2v) is 2.45. The first-order valence-electron chi connectivity index (χ1n) is 4.03. The Morgan fingerprint density at radius 1 is 1.46 bits per heavy atom. The molecule has 1 aromatic heterocycles. The van der Waals surface area contributed by atoms with E-state index in [1.54, 1.807) is 0 Å². The van der Waals surface area contributed by atoms with Crippen LogP contribution in [0.5, 0.6) is 0 Å². The van der Waals surface area contributed by atoms with E-state index in [-0.39, 0.29) is 5.91 Å². The Balaban J connectivity index is 2.40. The third-order valence-electron chi connectivity index (χ3n) is 1.46. The Kier molecular flexibility index (Phi) is 3.84. The van der Waals surface area contributed by atoms with Gasteiger partial charge in [0.1, 0.15) is 5.69 Å². The fraction of sp³-hybridized carbons (Fsp3) is 0.375. The summed E-state index contributed by atoms with van der Waals surface area (Å²) in [6, 6.07) is 0. The summed E-state index contributed by atoms with van der Waals surface area (Å²) >= 11 is 0. The molecule has 1 aromatic rings. The minimum atomic E-state index is -0.191. The van der Waals surface area contributed by atoms with Crippen molar-refractivity contribution in [1.82, 2.24) is 20.6 Å². The van der Waals surface area contributed by atoms with Crippen LogP contribution in [0.15, 0.2) is 18.6 Å². The normalized spacial score (nSPS) is 9.62. The monoisotopic (exact) mass is 180 g/mol. The smallest absolute Gasteiger partial charge is 0.271 e. The topological polar surface area (TPSA) is 66.9 Å². The molecule has 0 spiro atoms. The minimum Gasteiger partial charge on any atom is -0.349 e. The van der Waals surface area contributed by atoms with E-state index in [1.165, 1.54) is 18.6 Å². The van der Waals surface area contributed by atoms with E-state index in [1.807, 2.05) is 7.05 Å². The zero-order valence-corrected chi connectivity index (χ0v) is 7.45. The highest BCUT2D eigenvalue weighted by atomic mass is 16.1. The van der Waals surface area contributed by atoms with Crippen molar-refractivity contribution < 1.29 is 4.79 Å². The van der Waals surface area contributed by atoms with E-state index in [4.69, 9.17) is 0 Å². The van der Waals surface area contributed by atoms with Crippen LogP contribution in [0.2, 0.25) is 0 Å². The van der Waals surface area contributed by atoms with Crippen molar-refractivity contribution >= 4 is 5.91 Å². The van der Waals surface area contributed by atoms with Gasteiger partial charge in [-0.05, 0) is 7.05 Å². The molecule has 0 radical (unpaired) electrons. The molecule has 1 rings (SSSR count). The molecule has 2 N–H and O–H groups in total. The number of nitrogens with one attached hydrogen (secondary N) is 2. The molecule has 13 heavy (non-hydrogen) atoms. The first-order chi connectivity index (χ1) is 6.34. The lowest BCUT2D eigenvalue weighted by Gasteiger charge is -2.02. The zero-order chi connectivity index (χ0) is 9.52. The van der Waals surface area contributed by atoms with E-state index in [0.717, 1.165) is 6.54 Å². The van der Waals surface area contributed by atoms with Crippen molar-refractivity contribution in [2.45, 2.75) is 0 Å². The molecule has 0 atom stereocenters. The lowest BCUT2D eigenvalue weighted by molar-refractivity contribution is 0.0949. The lowest BCUT2D eigenvalue weighted by atomic mass is 10.4. The van der Waals surface area contributed by atoms with Crippen LogP contribution in [0.25, 0.3) is 0 Å². The van der Waals surface area contributed by atoms with Crippen LogP contribution in [0.4, 0.5) is 0 Å². The number of rotatable bonds is 4. The number of nitrogens with zero attached hydrogens (tertiary/aromatic N) is 2. The predicted octanol–water partition coefficient (Wildman–Crippen LogP) is -0.574. The van der Waals surface area contributed by atoms with Gasteiger partial charge in [0.15, 0.2) is 0 Å². The first kappa shape index (κ1) is 9.60. The molecule has 70 valence electrons. The molecule has 1 heterocycles. The fourth-order valence-electron chi connectivity index (χ4n) is 0.808. The van der Waals surface area contributed by atoms with Crippen molar-refractivity contribution in [3.8, 4) is 0 Å². The number of carbonyl (C=O) groups excluding carboxylic acids is 1. The largest absolute Gasteiger partial charge is 0.349 e. The third kappa shape index (κ3) is 3.16. The molecule has 0 saturated heterocycles. The van der Waals surface area contributed by atoms with Gasteiger partial charge < -0.3 is 10.6 Å². The summed E-state index contributed by atoms with van der Waals surface area (Å²) in [6.07, 6.45) is 4.46. The summed E-state index contributed by atoms with van der Waals surface area (Å²) in [5, 5.41) is 5.62. The molecule has 0 bridgehead atoms. The van der Waals surface area contributed by atoms with E-state index in [0.29, 0.717) is 12.2 Å². The SMILES string of the molecule is CNCCNC(=O)c1cnccn1. The zero-order valence-electron chi connectivity index (χ0n) is 7.45. The number of amides is 1. The molecule has 0 aliphatic carbocycles. The highest BCUT2D eigenvalue weighted by Gasteiger charge is 2.04. The van der Waals surface area contributed by atoms with Gasteiger partial charge in [-0.15, -0.1) is 0 Å². The summed E-state index contributed by atoms with van der Waals surface area (Å²) in [4.78, 5) is 18.9. The van der Waals surface area contributed by atoms with Crippen LogP contribution in [-0.2, 0) is 0 Å². The van der Waals surface area contributed by atoms with Crippen LogP contribution in [0.1, 0.15) is 10.5 Å². The standard InChI is InChI=1S/C8H12N4O/c1-9-2-4-12-8(13)7-6-10-3-5-11-7/h3,5-6,9H,2,4H2,1H3,(H,12,13). The van der Waals surface area contributed by atoms with Crippen LogP contribution >= 0.6 is 0 Å².